The normalized spacial score (nSPS) is 15.8. The Hall–Kier alpha value is -1.85. The van der Waals surface area contributed by atoms with E-state index in [-0.39, 0.29) is 5.56 Å². The first-order valence-electron chi connectivity index (χ1n) is 7.90. The zero-order valence-corrected chi connectivity index (χ0v) is 13.9. The molecule has 0 spiro atoms. The molecule has 1 saturated heterocycles. The zero-order chi connectivity index (χ0) is 16.2. The van der Waals surface area contributed by atoms with Crippen LogP contribution in [0.5, 0.6) is 0 Å². The average Bonchev–Trinajstić information content (AvgIpc) is 2.56. The lowest BCUT2D eigenvalue weighted by Crippen LogP contribution is -2.42. The van der Waals surface area contributed by atoms with Crippen molar-refractivity contribution in [2.24, 2.45) is 0 Å². The summed E-state index contributed by atoms with van der Waals surface area (Å²) in [6.07, 6.45) is 3.58. The average molecular weight is 333 g/mol. The number of aryl methyl sites for hydroxylation is 1. The molecule has 5 nitrogen and oxygen atoms in total. The summed E-state index contributed by atoms with van der Waals surface area (Å²) in [6.45, 7) is 4.65. The number of nitrogens with one attached hydrogen (secondary N) is 2. The Morgan fingerprint density at radius 1 is 1.35 bits per heavy atom. The van der Waals surface area contributed by atoms with Crippen LogP contribution >= 0.6 is 11.6 Å². The fourth-order valence-corrected chi connectivity index (χ4v) is 3.05. The molecule has 3 rings (SSSR count). The predicted octanol–water partition coefficient (Wildman–Crippen LogP) is 2.49. The van der Waals surface area contributed by atoms with Crippen LogP contribution in [0.4, 0.5) is 5.69 Å². The van der Waals surface area contributed by atoms with Gasteiger partial charge in [0, 0.05) is 42.5 Å². The van der Waals surface area contributed by atoms with Crippen molar-refractivity contribution in [3.05, 3.63) is 57.2 Å². The zero-order valence-electron chi connectivity index (χ0n) is 13.2. The Morgan fingerprint density at radius 3 is 2.83 bits per heavy atom. The van der Waals surface area contributed by atoms with Gasteiger partial charge in [-0.25, -0.2) is 4.98 Å². The Bertz CT molecular complexity index is 723. The van der Waals surface area contributed by atoms with Gasteiger partial charge in [0.1, 0.15) is 0 Å². The van der Waals surface area contributed by atoms with Gasteiger partial charge in [0.15, 0.2) is 0 Å². The van der Waals surface area contributed by atoms with Crippen molar-refractivity contribution in [1.82, 2.24) is 15.3 Å². The molecule has 0 saturated carbocycles. The summed E-state index contributed by atoms with van der Waals surface area (Å²) in [4.78, 5) is 20.3. The van der Waals surface area contributed by atoms with Gasteiger partial charge in [0.05, 0.1) is 12.0 Å². The second-order valence-corrected chi connectivity index (χ2v) is 6.39. The minimum Gasteiger partial charge on any atom is -0.371 e. The van der Waals surface area contributed by atoms with E-state index in [1.807, 2.05) is 13.0 Å². The van der Waals surface area contributed by atoms with Crippen LogP contribution < -0.4 is 15.8 Å². The van der Waals surface area contributed by atoms with Crippen LogP contribution in [0.1, 0.15) is 24.1 Å². The van der Waals surface area contributed by atoms with Gasteiger partial charge in [-0.15, -0.1) is 0 Å². The molecule has 23 heavy (non-hydrogen) atoms. The highest BCUT2D eigenvalue weighted by Gasteiger charge is 2.19. The lowest BCUT2D eigenvalue weighted by molar-refractivity contribution is 0.412. The van der Waals surface area contributed by atoms with Crippen LogP contribution in [0.25, 0.3) is 0 Å². The standard InChI is InChI=1S/C17H21ClN4O/c1-12-2-3-15(9-16(12)18)22-6-4-13(5-7-22)19-10-14-8-17(23)21-11-20-14/h2-3,8-9,11,13,19H,4-7,10H2,1H3,(H,20,21,23). The molecule has 0 aliphatic carbocycles. The Labute approximate surface area is 140 Å². The molecule has 2 aromatic rings. The highest BCUT2D eigenvalue weighted by molar-refractivity contribution is 6.31. The molecule has 0 amide bonds. The van der Waals surface area contributed by atoms with Gasteiger partial charge in [-0.3, -0.25) is 4.79 Å². The number of halogens is 1. The van der Waals surface area contributed by atoms with Gasteiger partial charge >= 0.3 is 0 Å². The smallest absolute Gasteiger partial charge is 0.250 e. The summed E-state index contributed by atoms with van der Waals surface area (Å²) < 4.78 is 0. The quantitative estimate of drug-likeness (QED) is 0.903. The molecule has 0 radical (unpaired) electrons. The molecule has 1 aliphatic rings. The van der Waals surface area contributed by atoms with Crippen LogP contribution in [-0.4, -0.2) is 29.1 Å². The molecule has 1 aromatic carbocycles. The second-order valence-electron chi connectivity index (χ2n) is 5.98. The number of anilines is 1. The van der Waals surface area contributed by atoms with Crippen LogP contribution in [0.15, 0.2) is 35.4 Å². The Kier molecular flexibility index (Phi) is 4.98. The molecule has 1 aromatic heterocycles. The molecular weight excluding hydrogens is 312 g/mol. The molecule has 122 valence electrons. The van der Waals surface area contributed by atoms with E-state index in [1.54, 1.807) is 0 Å². The summed E-state index contributed by atoms with van der Waals surface area (Å²) in [7, 11) is 0. The van der Waals surface area contributed by atoms with Crippen LogP contribution in [0.3, 0.4) is 0 Å². The van der Waals surface area contributed by atoms with E-state index in [0.717, 1.165) is 42.2 Å². The molecule has 0 unspecified atom stereocenters. The number of aromatic nitrogens is 2. The van der Waals surface area contributed by atoms with Gasteiger partial charge in [0.25, 0.3) is 5.56 Å². The number of rotatable bonds is 4. The van der Waals surface area contributed by atoms with Crippen molar-refractivity contribution in [2.45, 2.75) is 32.4 Å². The van der Waals surface area contributed by atoms with Crippen molar-refractivity contribution in [3.8, 4) is 0 Å². The summed E-state index contributed by atoms with van der Waals surface area (Å²) in [5, 5.41) is 4.31. The number of hydrogen-bond donors (Lipinski definition) is 2. The molecule has 2 heterocycles. The number of benzene rings is 1. The van der Waals surface area contributed by atoms with Crippen molar-refractivity contribution in [2.75, 3.05) is 18.0 Å². The summed E-state index contributed by atoms with van der Waals surface area (Å²) in [5.74, 6) is 0. The number of piperidine rings is 1. The minimum atomic E-state index is -0.108. The minimum absolute atomic E-state index is 0.108. The molecule has 2 N–H and O–H groups in total. The van der Waals surface area contributed by atoms with E-state index in [9.17, 15) is 4.79 Å². The highest BCUT2D eigenvalue weighted by Crippen LogP contribution is 2.25. The molecule has 0 atom stereocenters. The third-order valence-corrected chi connectivity index (χ3v) is 4.73. The van der Waals surface area contributed by atoms with Crippen LogP contribution in [0, 0.1) is 6.92 Å². The lowest BCUT2D eigenvalue weighted by Gasteiger charge is -2.34. The van der Waals surface area contributed by atoms with E-state index in [4.69, 9.17) is 11.6 Å². The topological polar surface area (TPSA) is 61.0 Å². The maximum atomic E-state index is 11.3. The lowest BCUT2D eigenvalue weighted by atomic mass is 10.0. The fourth-order valence-electron chi connectivity index (χ4n) is 2.87. The predicted molar refractivity (Wildman–Crippen MR) is 93.1 cm³/mol. The van der Waals surface area contributed by atoms with Crippen LogP contribution in [-0.2, 0) is 6.54 Å². The molecule has 1 fully saturated rings. The van der Waals surface area contributed by atoms with E-state index in [0.29, 0.717) is 12.6 Å². The molecular formula is C17H21ClN4O. The molecule has 0 bridgehead atoms. The van der Waals surface area contributed by atoms with Crippen molar-refractivity contribution in [3.63, 3.8) is 0 Å². The summed E-state index contributed by atoms with van der Waals surface area (Å²) >= 11 is 6.22. The first kappa shape index (κ1) is 16.0. The van der Waals surface area contributed by atoms with E-state index in [1.165, 1.54) is 18.1 Å². The van der Waals surface area contributed by atoms with Gasteiger partial charge in [0.2, 0.25) is 0 Å². The van der Waals surface area contributed by atoms with Crippen LogP contribution in [0.2, 0.25) is 5.02 Å². The summed E-state index contributed by atoms with van der Waals surface area (Å²) in [5.41, 5.74) is 2.97. The number of hydrogen-bond acceptors (Lipinski definition) is 4. The van der Waals surface area contributed by atoms with Gasteiger partial charge in [-0.2, -0.15) is 0 Å². The monoisotopic (exact) mass is 332 g/mol. The third-order valence-electron chi connectivity index (χ3n) is 4.32. The Morgan fingerprint density at radius 2 is 2.13 bits per heavy atom. The third kappa shape index (κ3) is 4.12. The molecule has 1 aliphatic heterocycles. The van der Waals surface area contributed by atoms with E-state index >= 15 is 0 Å². The highest BCUT2D eigenvalue weighted by atomic mass is 35.5. The largest absolute Gasteiger partial charge is 0.371 e. The number of aromatic amines is 1. The first-order valence-corrected chi connectivity index (χ1v) is 8.28. The fraction of sp³-hybridized carbons (Fsp3) is 0.412. The molecule has 6 heteroatoms. The van der Waals surface area contributed by atoms with E-state index in [2.05, 4.69) is 32.3 Å². The van der Waals surface area contributed by atoms with Gasteiger partial charge in [-0.1, -0.05) is 17.7 Å². The number of nitrogens with zero attached hydrogens (tertiary/aromatic N) is 2. The summed E-state index contributed by atoms with van der Waals surface area (Å²) in [6, 6.07) is 8.24. The van der Waals surface area contributed by atoms with Crippen molar-refractivity contribution in [1.29, 1.82) is 0 Å². The van der Waals surface area contributed by atoms with Crippen molar-refractivity contribution < 1.29 is 0 Å². The maximum absolute atomic E-state index is 11.3. The van der Waals surface area contributed by atoms with Crippen molar-refractivity contribution >= 4 is 17.3 Å². The van der Waals surface area contributed by atoms with E-state index < -0.39 is 0 Å². The maximum Gasteiger partial charge on any atom is 0.250 e. The number of H-pyrrole nitrogens is 1. The van der Waals surface area contributed by atoms with Gasteiger partial charge in [-0.05, 0) is 37.5 Å². The first-order chi connectivity index (χ1) is 11.1. The second kappa shape index (κ2) is 7.15. The van der Waals surface area contributed by atoms with Gasteiger partial charge < -0.3 is 15.2 Å². The Balaban J connectivity index is 1.52. The SMILES string of the molecule is Cc1ccc(N2CCC(NCc3cc(=O)[nH]cn3)CC2)cc1Cl.